The number of nitro benzene ring substituents is 1. The molecule has 0 fully saturated rings. The number of hydrogen-bond donors (Lipinski definition) is 1. The molecule has 10 nitrogen and oxygen atoms in total. The zero-order valence-electron chi connectivity index (χ0n) is 21.5. The highest BCUT2D eigenvalue weighted by atomic mass is 16.6. The minimum absolute atomic E-state index is 0.0608. The van der Waals surface area contributed by atoms with Gasteiger partial charge < -0.3 is 15.1 Å². The predicted octanol–water partition coefficient (Wildman–Crippen LogP) is 3.99. The summed E-state index contributed by atoms with van der Waals surface area (Å²) in [5, 5.41) is 14.7. The van der Waals surface area contributed by atoms with Crippen LogP contribution in [0.15, 0.2) is 72.8 Å². The van der Waals surface area contributed by atoms with Gasteiger partial charge in [0.15, 0.2) is 0 Å². The number of carbonyl (C=O) groups is 3. The van der Waals surface area contributed by atoms with E-state index in [4.69, 9.17) is 0 Å². The van der Waals surface area contributed by atoms with Crippen molar-refractivity contribution in [1.29, 1.82) is 0 Å². The number of amides is 3. The van der Waals surface area contributed by atoms with Crippen LogP contribution in [-0.4, -0.2) is 55.2 Å². The van der Waals surface area contributed by atoms with E-state index in [2.05, 4.69) is 5.32 Å². The van der Waals surface area contributed by atoms with Gasteiger partial charge in [-0.2, -0.15) is 0 Å². The molecule has 3 amide bonds. The Bertz CT molecular complexity index is 1450. The lowest BCUT2D eigenvalue weighted by molar-refractivity contribution is -0.384. The molecule has 0 atom stereocenters. The molecule has 1 aliphatic heterocycles. The van der Waals surface area contributed by atoms with Crippen molar-refractivity contribution in [3.63, 3.8) is 0 Å². The van der Waals surface area contributed by atoms with Gasteiger partial charge >= 0.3 is 0 Å². The molecule has 0 aromatic heterocycles. The fraction of sp³-hybridized carbons (Fsp3) is 0.179. The largest absolute Gasteiger partial charge is 0.354 e. The fourth-order valence-electron chi connectivity index (χ4n) is 4.24. The Balaban J connectivity index is 1.80. The molecule has 1 aliphatic rings. The molecule has 0 bridgehead atoms. The third-order valence-electron chi connectivity index (χ3n) is 6.10. The van der Waals surface area contributed by atoms with E-state index in [1.807, 2.05) is 44.4 Å². The average molecular weight is 514 g/mol. The van der Waals surface area contributed by atoms with Crippen LogP contribution in [0.1, 0.15) is 18.1 Å². The number of fused-ring (bicyclic) bond motifs is 1. The maximum Gasteiger partial charge on any atom is 0.271 e. The lowest BCUT2D eigenvalue weighted by Crippen LogP contribution is -2.34. The highest BCUT2D eigenvalue weighted by molar-refractivity contribution is 6.43. The van der Waals surface area contributed by atoms with Crippen molar-refractivity contribution in [1.82, 2.24) is 4.90 Å². The Labute approximate surface area is 219 Å². The van der Waals surface area contributed by atoms with Crippen molar-refractivity contribution < 1.29 is 19.3 Å². The summed E-state index contributed by atoms with van der Waals surface area (Å²) in [6.07, 6.45) is 0. The molecule has 10 heteroatoms. The van der Waals surface area contributed by atoms with Gasteiger partial charge in [0.25, 0.3) is 11.6 Å². The summed E-state index contributed by atoms with van der Waals surface area (Å²) >= 11 is 0. The normalized spacial score (nSPS) is 13.8. The molecule has 0 unspecified atom stereocenters. The van der Waals surface area contributed by atoms with E-state index in [1.165, 1.54) is 25.1 Å². The third kappa shape index (κ3) is 5.16. The van der Waals surface area contributed by atoms with Crippen molar-refractivity contribution in [3.8, 4) is 0 Å². The summed E-state index contributed by atoms with van der Waals surface area (Å²) in [5.74, 6) is -1.19. The average Bonchev–Trinajstić information content (AvgIpc) is 3.18. The van der Waals surface area contributed by atoms with Crippen LogP contribution in [-0.2, 0) is 14.4 Å². The Morgan fingerprint density at radius 2 is 1.63 bits per heavy atom. The minimum Gasteiger partial charge on any atom is -0.354 e. The molecule has 0 saturated heterocycles. The smallest absolute Gasteiger partial charge is 0.271 e. The van der Waals surface area contributed by atoms with E-state index >= 15 is 0 Å². The topological polar surface area (TPSA) is 116 Å². The van der Waals surface area contributed by atoms with Crippen molar-refractivity contribution in [3.05, 3.63) is 94.0 Å². The van der Waals surface area contributed by atoms with Gasteiger partial charge in [0.05, 0.1) is 28.4 Å². The van der Waals surface area contributed by atoms with Gasteiger partial charge in [-0.15, -0.1) is 0 Å². The van der Waals surface area contributed by atoms with Crippen LogP contribution in [0.3, 0.4) is 0 Å². The number of nitrogens with one attached hydrogen (secondary N) is 1. The molecule has 1 heterocycles. The Hall–Kier alpha value is -4.83. The summed E-state index contributed by atoms with van der Waals surface area (Å²) in [5.41, 5.74) is 3.05. The summed E-state index contributed by atoms with van der Waals surface area (Å²) in [6.45, 7) is 1.51. The van der Waals surface area contributed by atoms with Crippen LogP contribution in [0.4, 0.5) is 22.7 Å². The number of benzene rings is 3. The van der Waals surface area contributed by atoms with Crippen LogP contribution in [0, 0.1) is 10.1 Å². The van der Waals surface area contributed by atoms with E-state index in [1.54, 1.807) is 41.1 Å². The number of anilines is 3. The molecule has 0 saturated carbocycles. The second kappa shape index (κ2) is 10.7. The van der Waals surface area contributed by atoms with Gasteiger partial charge in [0, 0.05) is 43.0 Å². The third-order valence-corrected chi connectivity index (χ3v) is 6.10. The summed E-state index contributed by atoms with van der Waals surface area (Å²) in [6, 6.07) is 20.3. The molecular weight excluding hydrogens is 486 g/mol. The number of non-ortho nitro benzene ring substituents is 1. The fourth-order valence-corrected chi connectivity index (χ4v) is 4.24. The lowest BCUT2D eigenvalue weighted by Gasteiger charge is -2.20. The van der Waals surface area contributed by atoms with Gasteiger partial charge in [-0.05, 0) is 50.0 Å². The van der Waals surface area contributed by atoms with E-state index in [0.29, 0.717) is 28.2 Å². The highest BCUT2D eigenvalue weighted by Crippen LogP contribution is 2.43. The standard InChI is InChI=1S/C28H27N5O5/c1-18(34)32-24-16-22(33(37)38)14-15-23(24)26(28(32)36)27(19-8-6-5-7-9-19)29-20-10-12-21(13-11-20)31(4)25(35)17-30(2)3/h5-16,29H,17H2,1-4H3/b27-26-. The molecule has 4 rings (SSSR count). The zero-order chi connectivity index (χ0) is 27.6. The number of nitro groups is 1. The number of likely N-dealkylation sites (N-methyl/N-ethyl adjacent to an activating group) is 2. The Morgan fingerprint density at radius 1 is 0.974 bits per heavy atom. The first kappa shape index (κ1) is 26.2. The number of imide groups is 1. The van der Waals surface area contributed by atoms with E-state index < -0.39 is 16.7 Å². The quantitative estimate of drug-likeness (QED) is 0.288. The first-order chi connectivity index (χ1) is 18.1. The van der Waals surface area contributed by atoms with Gasteiger partial charge in [-0.3, -0.25) is 24.5 Å². The van der Waals surface area contributed by atoms with Gasteiger partial charge in [0.1, 0.15) is 0 Å². The summed E-state index contributed by atoms with van der Waals surface area (Å²) < 4.78 is 0. The van der Waals surface area contributed by atoms with Crippen LogP contribution < -0.4 is 15.1 Å². The van der Waals surface area contributed by atoms with Crippen LogP contribution in [0.2, 0.25) is 0 Å². The second-order valence-corrected chi connectivity index (χ2v) is 9.10. The van der Waals surface area contributed by atoms with Crippen molar-refractivity contribution in [2.45, 2.75) is 6.92 Å². The SMILES string of the molecule is CC(=O)N1C(=O)/C(=C(\Nc2ccc(N(C)C(=O)CN(C)C)cc2)c2ccccc2)c2ccc([N+](=O)[O-])cc21. The predicted molar refractivity (Wildman–Crippen MR) is 147 cm³/mol. The molecule has 1 N–H and O–H groups in total. The van der Waals surface area contributed by atoms with Crippen molar-refractivity contribution in [2.75, 3.05) is 42.8 Å². The molecule has 194 valence electrons. The Morgan fingerprint density at radius 3 is 2.21 bits per heavy atom. The summed E-state index contributed by atoms with van der Waals surface area (Å²) in [4.78, 5) is 53.6. The van der Waals surface area contributed by atoms with E-state index in [0.717, 1.165) is 4.90 Å². The van der Waals surface area contributed by atoms with Gasteiger partial charge in [-0.1, -0.05) is 30.3 Å². The number of carbonyl (C=O) groups excluding carboxylic acids is 3. The molecular formula is C28H27N5O5. The molecule has 0 spiro atoms. The zero-order valence-corrected chi connectivity index (χ0v) is 21.5. The maximum absolute atomic E-state index is 13.6. The maximum atomic E-state index is 13.6. The van der Waals surface area contributed by atoms with Crippen molar-refractivity contribution in [2.24, 2.45) is 0 Å². The first-order valence-corrected chi connectivity index (χ1v) is 11.8. The number of rotatable bonds is 7. The molecule has 0 aliphatic carbocycles. The lowest BCUT2D eigenvalue weighted by atomic mass is 9.99. The molecule has 38 heavy (non-hydrogen) atoms. The van der Waals surface area contributed by atoms with Crippen LogP contribution >= 0.6 is 0 Å². The van der Waals surface area contributed by atoms with E-state index in [9.17, 15) is 24.5 Å². The van der Waals surface area contributed by atoms with Crippen LogP contribution in [0.25, 0.3) is 11.3 Å². The van der Waals surface area contributed by atoms with Gasteiger partial charge in [-0.25, -0.2) is 4.90 Å². The monoisotopic (exact) mass is 513 g/mol. The van der Waals surface area contributed by atoms with E-state index in [-0.39, 0.29) is 29.4 Å². The van der Waals surface area contributed by atoms with Crippen molar-refractivity contribution >= 4 is 51.7 Å². The molecule has 3 aromatic carbocycles. The first-order valence-electron chi connectivity index (χ1n) is 11.8. The number of hydrogen-bond acceptors (Lipinski definition) is 7. The summed E-state index contributed by atoms with van der Waals surface area (Å²) in [7, 11) is 5.35. The second-order valence-electron chi connectivity index (χ2n) is 9.10. The van der Waals surface area contributed by atoms with Gasteiger partial charge in [0.2, 0.25) is 11.8 Å². The Kier molecular flexibility index (Phi) is 7.35. The molecule has 3 aromatic rings. The van der Waals surface area contributed by atoms with Crippen LogP contribution in [0.5, 0.6) is 0 Å². The molecule has 0 radical (unpaired) electrons. The minimum atomic E-state index is -0.579. The highest BCUT2D eigenvalue weighted by Gasteiger charge is 2.38. The number of nitrogens with zero attached hydrogens (tertiary/aromatic N) is 4.